The van der Waals surface area contributed by atoms with Crippen molar-refractivity contribution in [2.24, 2.45) is 0 Å². The number of benzene rings is 2. The van der Waals surface area contributed by atoms with Gasteiger partial charge in [-0.15, -0.1) is 0 Å². The zero-order valence-corrected chi connectivity index (χ0v) is 14.4. The van der Waals surface area contributed by atoms with Crippen molar-refractivity contribution < 1.29 is 37.0 Å². The van der Waals surface area contributed by atoms with Crippen molar-refractivity contribution in [3.63, 3.8) is 0 Å². The van der Waals surface area contributed by atoms with Gasteiger partial charge in [0.2, 0.25) is 0 Å². The van der Waals surface area contributed by atoms with Crippen LogP contribution in [0, 0.1) is 0 Å². The summed E-state index contributed by atoms with van der Waals surface area (Å²) >= 11 is 0. The molecule has 8 heteroatoms. The Bertz CT molecular complexity index is 872. The van der Waals surface area contributed by atoms with E-state index < -0.39 is 23.7 Å². The molecule has 0 atom stereocenters. The Morgan fingerprint density at radius 3 is 2.37 bits per heavy atom. The second-order valence-corrected chi connectivity index (χ2v) is 5.23. The third-order valence-electron chi connectivity index (χ3n) is 3.43. The summed E-state index contributed by atoms with van der Waals surface area (Å²) in [4.78, 5) is 23.3. The maximum absolute atomic E-state index is 12.8. The molecule has 0 fully saturated rings. The van der Waals surface area contributed by atoms with Crippen LogP contribution in [0.25, 0.3) is 6.08 Å². The predicted molar refractivity (Wildman–Crippen MR) is 90.4 cm³/mol. The van der Waals surface area contributed by atoms with Gasteiger partial charge in [-0.05, 0) is 42.0 Å². The summed E-state index contributed by atoms with van der Waals surface area (Å²) in [6.45, 7) is 0. The van der Waals surface area contributed by atoms with Gasteiger partial charge in [-0.3, -0.25) is 0 Å². The normalized spacial score (nSPS) is 11.3. The molecule has 0 heterocycles. The van der Waals surface area contributed by atoms with E-state index in [0.717, 1.165) is 12.1 Å². The summed E-state index contributed by atoms with van der Waals surface area (Å²) in [5.74, 6) is -1.32. The largest absolute Gasteiger partial charge is 0.493 e. The summed E-state index contributed by atoms with van der Waals surface area (Å²) in [5.41, 5.74) is -0.634. The van der Waals surface area contributed by atoms with Gasteiger partial charge >= 0.3 is 18.1 Å². The van der Waals surface area contributed by atoms with E-state index in [0.29, 0.717) is 11.6 Å². The van der Waals surface area contributed by atoms with Crippen molar-refractivity contribution >= 4 is 18.0 Å². The fourth-order valence-corrected chi connectivity index (χ4v) is 2.09. The lowest BCUT2D eigenvalue weighted by Crippen LogP contribution is -2.12. The molecular weight excluding hydrogens is 365 g/mol. The molecule has 0 radical (unpaired) electrons. The number of alkyl halides is 3. The van der Waals surface area contributed by atoms with Crippen molar-refractivity contribution in [2.75, 3.05) is 14.2 Å². The Morgan fingerprint density at radius 2 is 1.74 bits per heavy atom. The van der Waals surface area contributed by atoms with Crippen LogP contribution in [0.3, 0.4) is 0 Å². The van der Waals surface area contributed by atoms with Gasteiger partial charge in [0.05, 0.1) is 25.3 Å². The van der Waals surface area contributed by atoms with Gasteiger partial charge in [0, 0.05) is 6.08 Å². The number of ether oxygens (including phenoxy) is 3. The summed E-state index contributed by atoms with van der Waals surface area (Å²) in [6.07, 6.45) is -1.91. The molecule has 0 aromatic heterocycles. The van der Waals surface area contributed by atoms with Gasteiger partial charge in [0.15, 0.2) is 11.5 Å². The minimum absolute atomic E-state index is 0.0233. The molecule has 2 aromatic carbocycles. The van der Waals surface area contributed by atoms with E-state index in [4.69, 9.17) is 9.47 Å². The van der Waals surface area contributed by atoms with Crippen molar-refractivity contribution in [3.8, 4) is 11.5 Å². The van der Waals surface area contributed by atoms with Crippen LogP contribution in [-0.2, 0) is 15.7 Å². The molecule has 0 saturated carbocycles. The second kappa shape index (κ2) is 8.39. The first-order valence-electron chi connectivity index (χ1n) is 7.58. The fourth-order valence-electron chi connectivity index (χ4n) is 2.09. The highest BCUT2D eigenvalue weighted by atomic mass is 19.4. The molecule has 27 heavy (non-hydrogen) atoms. The third kappa shape index (κ3) is 5.34. The standard InChI is InChI=1S/C19H15F3O5/c1-25-16-10-12(7-9-17(23)26-2)6-8-15(16)27-18(24)13-4-3-5-14(11-13)19(20,21)22/h3-11H,1-2H3/b9-7+. The molecule has 0 aliphatic heterocycles. The molecule has 5 nitrogen and oxygen atoms in total. The van der Waals surface area contributed by atoms with Crippen LogP contribution in [0.1, 0.15) is 21.5 Å². The van der Waals surface area contributed by atoms with Gasteiger partial charge in [-0.2, -0.15) is 13.2 Å². The Labute approximate surface area is 153 Å². The molecule has 142 valence electrons. The van der Waals surface area contributed by atoms with E-state index in [2.05, 4.69) is 4.74 Å². The highest BCUT2D eigenvalue weighted by Gasteiger charge is 2.31. The topological polar surface area (TPSA) is 61.8 Å². The quantitative estimate of drug-likeness (QED) is 0.444. The van der Waals surface area contributed by atoms with E-state index in [-0.39, 0.29) is 17.1 Å². The Balaban J connectivity index is 2.23. The zero-order chi connectivity index (χ0) is 20.0. The molecule has 0 amide bonds. The first-order chi connectivity index (χ1) is 12.7. The van der Waals surface area contributed by atoms with Crippen LogP contribution in [0.5, 0.6) is 11.5 Å². The number of hydrogen-bond acceptors (Lipinski definition) is 5. The van der Waals surface area contributed by atoms with E-state index in [1.54, 1.807) is 0 Å². The van der Waals surface area contributed by atoms with Gasteiger partial charge in [0.1, 0.15) is 0 Å². The number of carbonyl (C=O) groups excluding carboxylic acids is 2. The molecule has 0 N–H and O–H groups in total. The van der Waals surface area contributed by atoms with Crippen LogP contribution in [-0.4, -0.2) is 26.2 Å². The average molecular weight is 380 g/mol. The van der Waals surface area contributed by atoms with Crippen molar-refractivity contribution in [3.05, 3.63) is 65.2 Å². The minimum Gasteiger partial charge on any atom is -0.493 e. The first kappa shape index (κ1) is 20.0. The first-order valence-corrected chi connectivity index (χ1v) is 7.58. The van der Waals surface area contributed by atoms with E-state index >= 15 is 0 Å². The number of methoxy groups -OCH3 is 2. The number of carbonyl (C=O) groups is 2. The van der Waals surface area contributed by atoms with Crippen LogP contribution < -0.4 is 9.47 Å². The molecule has 0 bridgehead atoms. The summed E-state index contributed by atoms with van der Waals surface area (Å²) in [5, 5.41) is 0. The van der Waals surface area contributed by atoms with Crippen LogP contribution in [0.4, 0.5) is 13.2 Å². The molecule has 0 aliphatic carbocycles. The molecule has 0 saturated heterocycles. The van der Waals surface area contributed by atoms with Crippen LogP contribution in [0.15, 0.2) is 48.5 Å². The lowest BCUT2D eigenvalue weighted by Gasteiger charge is -2.11. The second-order valence-electron chi connectivity index (χ2n) is 5.23. The number of rotatable bonds is 5. The smallest absolute Gasteiger partial charge is 0.416 e. The summed E-state index contributed by atoms with van der Waals surface area (Å²) < 4.78 is 53.0. The molecule has 2 aromatic rings. The van der Waals surface area contributed by atoms with Crippen molar-refractivity contribution in [1.29, 1.82) is 0 Å². The minimum atomic E-state index is -4.57. The fraction of sp³-hybridized carbons (Fsp3) is 0.158. The molecule has 0 aliphatic rings. The van der Waals surface area contributed by atoms with Gasteiger partial charge in [-0.1, -0.05) is 12.1 Å². The molecule has 0 unspecified atom stereocenters. The van der Waals surface area contributed by atoms with Crippen LogP contribution >= 0.6 is 0 Å². The lowest BCUT2D eigenvalue weighted by molar-refractivity contribution is -0.137. The number of hydrogen-bond donors (Lipinski definition) is 0. The summed E-state index contributed by atoms with van der Waals surface area (Å²) in [7, 11) is 2.58. The van der Waals surface area contributed by atoms with Crippen LogP contribution in [0.2, 0.25) is 0 Å². The zero-order valence-electron chi connectivity index (χ0n) is 14.4. The third-order valence-corrected chi connectivity index (χ3v) is 3.43. The van der Waals surface area contributed by atoms with Crippen molar-refractivity contribution in [1.82, 2.24) is 0 Å². The molecular formula is C19H15F3O5. The Hall–Kier alpha value is -3.29. The summed E-state index contributed by atoms with van der Waals surface area (Å²) in [6, 6.07) is 8.35. The monoisotopic (exact) mass is 380 g/mol. The predicted octanol–water partition coefficient (Wildman–Crippen LogP) is 4.12. The maximum atomic E-state index is 12.8. The van der Waals surface area contributed by atoms with Gasteiger partial charge in [-0.25, -0.2) is 9.59 Å². The van der Waals surface area contributed by atoms with E-state index in [9.17, 15) is 22.8 Å². The molecule has 0 spiro atoms. The lowest BCUT2D eigenvalue weighted by atomic mass is 10.1. The Morgan fingerprint density at radius 1 is 1.00 bits per heavy atom. The van der Waals surface area contributed by atoms with E-state index in [1.807, 2.05) is 0 Å². The number of halogens is 3. The average Bonchev–Trinajstić information content (AvgIpc) is 2.66. The highest BCUT2D eigenvalue weighted by molar-refractivity contribution is 5.91. The molecule has 2 rings (SSSR count). The maximum Gasteiger partial charge on any atom is 0.416 e. The van der Waals surface area contributed by atoms with Gasteiger partial charge in [0.25, 0.3) is 0 Å². The highest BCUT2D eigenvalue weighted by Crippen LogP contribution is 2.31. The van der Waals surface area contributed by atoms with E-state index in [1.165, 1.54) is 50.6 Å². The van der Waals surface area contributed by atoms with Gasteiger partial charge < -0.3 is 14.2 Å². The number of esters is 2. The van der Waals surface area contributed by atoms with Crippen molar-refractivity contribution in [2.45, 2.75) is 6.18 Å². The Kier molecular flexibility index (Phi) is 6.23. The SMILES string of the molecule is COC(=O)/C=C/c1ccc(OC(=O)c2cccc(C(F)(F)F)c2)c(OC)c1.